The molecule has 0 spiro atoms. The predicted octanol–water partition coefficient (Wildman–Crippen LogP) is 3.49. The quantitative estimate of drug-likeness (QED) is 0.875. The summed E-state index contributed by atoms with van der Waals surface area (Å²) in [4.78, 5) is 14.7. The van der Waals surface area contributed by atoms with Crippen LogP contribution in [0.2, 0.25) is 0 Å². The van der Waals surface area contributed by atoms with Crippen LogP contribution in [0.4, 0.5) is 11.4 Å². The van der Waals surface area contributed by atoms with Gasteiger partial charge in [-0.2, -0.15) is 0 Å². The van der Waals surface area contributed by atoms with Crippen LogP contribution in [0.3, 0.4) is 0 Å². The number of carbonyl (C=O) groups excluding carboxylic acids is 1. The van der Waals surface area contributed by atoms with Gasteiger partial charge in [-0.05, 0) is 55.3 Å². The van der Waals surface area contributed by atoms with Crippen LogP contribution in [0.15, 0.2) is 42.5 Å². The van der Waals surface area contributed by atoms with E-state index in [0.717, 1.165) is 24.3 Å². The molecule has 0 radical (unpaired) electrons. The molecule has 3 rings (SSSR count). The molecular weight excluding hydrogens is 316 g/mol. The van der Waals surface area contributed by atoms with Crippen LogP contribution in [-0.2, 0) is 11.2 Å². The number of benzene rings is 2. The van der Waals surface area contributed by atoms with E-state index in [1.54, 1.807) is 14.2 Å². The minimum absolute atomic E-state index is 0.0829. The van der Waals surface area contributed by atoms with E-state index in [1.165, 1.54) is 18.5 Å². The first-order valence-electron chi connectivity index (χ1n) is 8.55. The zero-order valence-electron chi connectivity index (χ0n) is 14.7. The fraction of sp³-hybridized carbons (Fsp3) is 0.350. The summed E-state index contributed by atoms with van der Waals surface area (Å²) >= 11 is 0. The maximum atomic E-state index is 12.4. The van der Waals surface area contributed by atoms with E-state index in [-0.39, 0.29) is 12.3 Å². The zero-order chi connectivity index (χ0) is 17.6. The van der Waals surface area contributed by atoms with Crippen molar-refractivity contribution < 1.29 is 14.3 Å². The van der Waals surface area contributed by atoms with Gasteiger partial charge >= 0.3 is 0 Å². The summed E-state index contributed by atoms with van der Waals surface area (Å²) in [7, 11) is 3.20. The molecule has 0 unspecified atom stereocenters. The van der Waals surface area contributed by atoms with Crippen molar-refractivity contribution in [3.05, 3.63) is 48.0 Å². The number of nitrogens with one attached hydrogen (secondary N) is 1. The monoisotopic (exact) mass is 340 g/mol. The third-order valence-electron chi connectivity index (χ3n) is 4.46. The molecule has 0 atom stereocenters. The summed E-state index contributed by atoms with van der Waals surface area (Å²) in [5.41, 5.74) is 2.81. The standard InChI is InChI=1S/C20H24N2O3/c1-24-18-9-10-19(25-2)15(13-18)14-20(23)21-16-5-7-17(8-6-16)22-11-3-4-12-22/h5-10,13H,3-4,11-12,14H2,1-2H3,(H,21,23). The molecule has 25 heavy (non-hydrogen) atoms. The summed E-state index contributed by atoms with van der Waals surface area (Å²) in [6.07, 6.45) is 2.73. The number of amides is 1. The second kappa shape index (κ2) is 7.92. The SMILES string of the molecule is COc1ccc(OC)c(CC(=O)Nc2ccc(N3CCCC3)cc2)c1. The van der Waals surface area contributed by atoms with Gasteiger partial charge in [0.15, 0.2) is 0 Å². The molecule has 1 saturated heterocycles. The topological polar surface area (TPSA) is 50.8 Å². The Balaban J connectivity index is 1.64. The highest BCUT2D eigenvalue weighted by atomic mass is 16.5. The van der Waals surface area contributed by atoms with Crippen LogP contribution in [0.25, 0.3) is 0 Å². The van der Waals surface area contributed by atoms with Gasteiger partial charge < -0.3 is 19.7 Å². The van der Waals surface area contributed by atoms with E-state index in [4.69, 9.17) is 9.47 Å². The van der Waals surface area contributed by atoms with E-state index in [1.807, 2.05) is 30.3 Å². The van der Waals surface area contributed by atoms with Gasteiger partial charge in [0.25, 0.3) is 0 Å². The average molecular weight is 340 g/mol. The molecule has 5 nitrogen and oxygen atoms in total. The highest BCUT2D eigenvalue weighted by molar-refractivity contribution is 5.92. The Bertz CT molecular complexity index is 722. The largest absolute Gasteiger partial charge is 0.497 e. The minimum Gasteiger partial charge on any atom is -0.497 e. The maximum absolute atomic E-state index is 12.4. The van der Waals surface area contributed by atoms with Crippen molar-refractivity contribution in [2.24, 2.45) is 0 Å². The van der Waals surface area contributed by atoms with E-state index in [2.05, 4.69) is 22.3 Å². The Labute approximate surface area is 148 Å². The molecule has 1 aliphatic heterocycles. The van der Waals surface area contributed by atoms with Gasteiger partial charge in [0.2, 0.25) is 5.91 Å². The highest BCUT2D eigenvalue weighted by Gasteiger charge is 2.13. The lowest BCUT2D eigenvalue weighted by Crippen LogP contribution is -2.18. The first kappa shape index (κ1) is 17.1. The molecule has 0 aromatic heterocycles. The van der Waals surface area contributed by atoms with Crippen molar-refractivity contribution in [3.63, 3.8) is 0 Å². The third kappa shape index (κ3) is 4.24. The van der Waals surface area contributed by atoms with Gasteiger partial charge in [-0.3, -0.25) is 4.79 Å². The third-order valence-corrected chi connectivity index (χ3v) is 4.46. The predicted molar refractivity (Wildman–Crippen MR) is 99.8 cm³/mol. The Morgan fingerprint density at radius 1 is 1.04 bits per heavy atom. The summed E-state index contributed by atoms with van der Waals surface area (Å²) in [5.74, 6) is 1.30. The smallest absolute Gasteiger partial charge is 0.228 e. The number of hydrogen-bond acceptors (Lipinski definition) is 4. The molecule has 0 bridgehead atoms. The van der Waals surface area contributed by atoms with E-state index in [9.17, 15) is 4.79 Å². The van der Waals surface area contributed by atoms with E-state index in [0.29, 0.717) is 11.5 Å². The first-order valence-corrected chi connectivity index (χ1v) is 8.55. The Kier molecular flexibility index (Phi) is 5.43. The molecule has 5 heteroatoms. The van der Waals surface area contributed by atoms with Crippen molar-refractivity contribution >= 4 is 17.3 Å². The fourth-order valence-electron chi connectivity index (χ4n) is 3.13. The minimum atomic E-state index is -0.0829. The van der Waals surface area contributed by atoms with E-state index < -0.39 is 0 Å². The van der Waals surface area contributed by atoms with Gasteiger partial charge in [-0.25, -0.2) is 0 Å². The normalized spacial score (nSPS) is 13.6. The van der Waals surface area contributed by atoms with Gasteiger partial charge in [-0.1, -0.05) is 0 Å². The molecule has 1 amide bonds. The number of nitrogens with zero attached hydrogens (tertiary/aromatic N) is 1. The number of ether oxygens (including phenoxy) is 2. The number of carbonyl (C=O) groups is 1. The van der Waals surface area contributed by atoms with Crippen molar-refractivity contribution in [2.75, 3.05) is 37.5 Å². The van der Waals surface area contributed by atoms with Crippen LogP contribution in [0, 0.1) is 0 Å². The fourth-order valence-corrected chi connectivity index (χ4v) is 3.13. The number of rotatable bonds is 6. The molecule has 0 saturated carbocycles. The molecule has 0 aliphatic carbocycles. The molecule has 1 heterocycles. The molecule has 132 valence electrons. The van der Waals surface area contributed by atoms with Crippen LogP contribution in [0.1, 0.15) is 18.4 Å². The average Bonchev–Trinajstić information content (AvgIpc) is 3.17. The second-order valence-electron chi connectivity index (χ2n) is 6.14. The lowest BCUT2D eigenvalue weighted by atomic mass is 10.1. The number of methoxy groups -OCH3 is 2. The lowest BCUT2D eigenvalue weighted by molar-refractivity contribution is -0.115. The molecule has 1 aliphatic rings. The van der Waals surface area contributed by atoms with Crippen LogP contribution in [-0.4, -0.2) is 33.2 Å². The molecule has 1 fully saturated rings. The Morgan fingerprint density at radius 2 is 1.76 bits per heavy atom. The van der Waals surface area contributed by atoms with Gasteiger partial charge in [0, 0.05) is 30.0 Å². The zero-order valence-corrected chi connectivity index (χ0v) is 14.7. The lowest BCUT2D eigenvalue weighted by Gasteiger charge is -2.18. The first-order chi connectivity index (χ1) is 12.2. The second-order valence-corrected chi connectivity index (χ2v) is 6.14. The van der Waals surface area contributed by atoms with Crippen molar-refractivity contribution in [2.45, 2.75) is 19.3 Å². The van der Waals surface area contributed by atoms with Crippen molar-refractivity contribution in [3.8, 4) is 11.5 Å². The number of hydrogen-bond donors (Lipinski definition) is 1. The van der Waals surface area contributed by atoms with E-state index >= 15 is 0 Å². The summed E-state index contributed by atoms with van der Waals surface area (Å²) in [6.45, 7) is 2.22. The summed E-state index contributed by atoms with van der Waals surface area (Å²) in [6, 6.07) is 13.5. The molecule has 1 N–H and O–H groups in total. The molecular formula is C20H24N2O3. The summed E-state index contributed by atoms with van der Waals surface area (Å²) in [5, 5.41) is 2.94. The van der Waals surface area contributed by atoms with Crippen LogP contribution >= 0.6 is 0 Å². The van der Waals surface area contributed by atoms with Crippen LogP contribution < -0.4 is 19.7 Å². The molecule has 2 aromatic carbocycles. The highest BCUT2D eigenvalue weighted by Crippen LogP contribution is 2.25. The molecule has 2 aromatic rings. The van der Waals surface area contributed by atoms with Crippen molar-refractivity contribution in [1.29, 1.82) is 0 Å². The maximum Gasteiger partial charge on any atom is 0.228 e. The van der Waals surface area contributed by atoms with Crippen molar-refractivity contribution in [1.82, 2.24) is 0 Å². The van der Waals surface area contributed by atoms with Gasteiger partial charge in [0.05, 0.1) is 20.6 Å². The number of anilines is 2. The van der Waals surface area contributed by atoms with Crippen LogP contribution in [0.5, 0.6) is 11.5 Å². The summed E-state index contributed by atoms with van der Waals surface area (Å²) < 4.78 is 10.6. The van der Waals surface area contributed by atoms with Gasteiger partial charge in [0.1, 0.15) is 11.5 Å². The Morgan fingerprint density at radius 3 is 2.40 bits per heavy atom. The van der Waals surface area contributed by atoms with Gasteiger partial charge in [-0.15, -0.1) is 0 Å². The Hall–Kier alpha value is -2.69.